The highest BCUT2D eigenvalue weighted by atomic mass is 19.1. The summed E-state index contributed by atoms with van der Waals surface area (Å²) in [6.07, 6.45) is 0.502. The van der Waals surface area contributed by atoms with Crippen molar-refractivity contribution < 1.29 is 9.18 Å². The Kier molecular flexibility index (Phi) is 6.79. The first-order valence-corrected chi connectivity index (χ1v) is 11.9. The maximum absolute atomic E-state index is 14.5. The summed E-state index contributed by atoms with van der Waals surface area (Å²) in [5, 5.41) is 6.21. The van der Waals surface area contributed by atoms with Crippen molar-refractivity contribution in [3.05, 3.63) is 107 Å². The molecule has 1 fully saturated rings. The smallest absolute Gasteiger partial charge is 0.257 e. The Labute approximate surface area is 200 Å². The summed E-state index contributed by atoms with van der Waals surface area (Å²) >= 11 is 0. The van der Waals surface area contributed by atoms with Gasteiger partial charge in [-0.15, -0.1) is 0 Å². The molecule has 1 amide bonds. The van der Waals surface area contributed by atoms with Gasteiger partial charge >= 0.3 is 0 Å². The molecule has 5 nitrogen and oxygen atoms in total. The SMILES string of the molecule is O=C(CN1CCN(Cc2ccccc2)CC1)N1N=C(c2ccccc2F)C[C@H]1c1ccccc1. The van der Waals surface area contributed by atoms with Crippen molar-refractivity contribution in [1.29, 1.82) is 0 Å². The Morgan fingerprint density at radius 3 is 2.15 bits per heavy atom. The van der Waals surface area contributed by atoms with Crippen molar-refractivity contribution in [2.45, 2.75) is 19.0 Å². The van der Waals surface area contributed by atoms with E-state index in [1.54, 1.807) is 23.2 Å². The molecule has 2 aliphatic rings. The minimum absolute atomic E-state index is 0.0447. The molecule has 0 radical (unpaired) electrons. The lowest BCUT2D eigenvalue weighted by atomic mass is 9.98. The van der Waals surface area contributed by atoms with Crippen molar-refractivity contribution in [3.63, 3.8) is 0 Å². The van der Waals surface area contributed by atoms with E-state index in [1.807, 2.05) is 36.4 Å². The van der Waals surface area contributed by atoms with Crippen LogP contribution in [0.5, 0.6) is 0 Å². The Bertz CT molecular complexity index is 1140. The average molecular weight is 457 g/mol. The van der Waals surface area contributed by atoms with Crippen LogP contribution < -0.4 is 0 Å². The number of benzene rings is 3. The van der Waals surface area contributed by atoms with E-state index in [1.165, 1.54) is 11.6 Å². The second-order valence-electron chi connectivity index (χ2n) is 8.93. The van der Waals surface area contributed by atoms with Gasteiger partial charge in [-0.2, -0.15) is 5.10 Å². The van der Waals surface area contributed by atoms with Gasteiger partial charge in [0.05, 0.1) is 18.3 Å². The third-order valence-corrected chi connectivity index (χ3v) is 6.61. The van der Waals surface area contributed by atoms with Gasteiger partial charge in [0.15, 0.2) is 0 Å². The van der Waals surface area contributed by atoms with Gasteiger partial charge in [0.1, 0.15) is 5.82 Å². The molecule has 3 aromatic rings. The summed E-state index contributed by atoms with van der Waals surface area (Å²) in [5.74, 6) is -0.353. The third-order valence-electron chi connectivity index (χ3n) is 6.61. The molecule has 0 unspecified atom stereocenters. The molecule has 1 saturated heterocycles. The maximum Gasteiger partial charge on any atom is 0.257 e. The number of halogens is 1. The normalized spacial score (nSPS) is 19.3. The van der Waals surface area contributed by atoms with Crippen LogP contribution >= 0.6 is 0 Å². The summed E-state index contributed by atoms with van der Waals surface area (Å²) in [4.78, 5) is 18.0. The first kappa shape index (κ1) is 22.4. The van der Waals surface area contributed by atoms with E-state index in [2.05, 4.69) is 39.2 Å². The number of nitrogens with zero attached hydrogens (tertiary/aromatic N) is 4. The third kappa shape index (κ3) is 5.08. The number of hydrogen-bond donors (Lipinski definition) is 0. The fourth-order valence-electron chi connectivity index (χ4n) is 4.74. The maximum atomic E-state index is 14.5. The highest BCUT2D eigenvalue weighted by molar-refractivity contribution is 6.03. The summed E-state index contributed by atoms with van der Waals surface area (Å²) in [7, 11) is 0. The van der Waals surface area contributed by atoms with E-state index in [0.717, 1.165) is 38.3 Å². The van der Waals surface area contributed by atoms with Gasteiger partial charge in [0.25, 0.3) is 5.91 Å². The van der Waals surface area contributed by atoms with Crippen LogP contribution in [0.25, 0.3) is 0 Å². The zero-order chi connectivity index (χ0) is 23.3. The van der Waals surface area contributed by atoms with Crippen molar-refractivity contribution in [2.24, 2.45) is 5.10 Å². The lowest BCUT2D eigenvalue weighted by Crippen LogP contribution is -2.49. The quantitative estimate of drug-likeness (QED) is 0.555. The molecule has 2 aliphatic heterocycles. The Balaban J connectivity index is 1.26. The largest absolute Gasteiger partial charge is 0.297 e. The molecule has 34 heavy (non-hydrogen) atoms. The summed E-state index contributed by atoms with van der Waals surface area (Å²) < 4.78 is 14.5. The van der Waals surface area contributed by atoms with Crippen LogP contribution in [0.2, 0.25) is 0 Å². The molecule has 1 atom stereocenters. The number of carbonyl (C=O) groups excluding carboxylic acids is 1. The van der Waals surface area contributed by atoms with E-state index < -0.39 is 0 Å². The van der Waals surface area contributed by atoms with Crippen LogP contribution in [0.15, 0.2) is 90.0 Å². The zero-order valence-electron chi connectivity index (χ0n) is 19.2. The molecule has 2 heterocycles. The number of rotatable bonds is 6. The molecule has 0 spiro atoms. The van der Waals surface area contributed by atoms with Crippen LogP contribution in [-0.2, 0) is 11.3 Å². The van der Waals surface area contributed by atoms with Crippen molar-refractivity contribution in [1.82, 2.24) is 14.8 Å². The van der Waals surface area contributed by atoms with Gasteiger partial charge in [-0.3, -0.25) is 14.6 Å². The highest BCUT2D eigenvalue weighted by Gasteiger charge is 2.34. The van der Waals surface area contributed by atoms with Gasteiger partial charge in [0, 0.05) is 44.7 Å². The van der Waals surface area contributed by atoms with Crippen LogP contribution in [0.4, 0.5) is 4.39 Å². The second kappa shape index (κ2) is 10.3. The molecule has 0 N–H and O–H groups in total. The molecular weight excluding hydrogens is 427 g/mol. The Morgan fingerprint density at radius 2 is 1.44 bits per heavy atom. The number of piperazine rings is 1. The number of hydrogen-bond acceptors (Lipinski definition) is 4. The number of carbonyl (C=O) groups is 1. The lowest BCUT2D eigenvalue weighted by Gasteiger charge is -2.35. The van der Waals surface area contributed by atoms with Crippen LogP contribution in [0.1, 0.15) is 29.2 Å². The molecule has 174 valence electrons. The summed E-state index contributed by atoms with van der Waals surface area (Å²) in [6, 6.07) is 26.8. The molecule has 0 aromatic heterocycles. The number of hydrazone groups is 1. The predicted molar refractivity (Wildman–Crippen MR) is 132 cm³/mol. The molecule has 0 saturated carbocycles. The molecule has 0 bridgehead atoms. The van der Waals surface area contributed by atoms with Crippen LogP contribution in [0, 0.1) is 5.82 Å². The highest BCUT2D eigenvalue weighted by Crippen LogP contribution is 2.33. The van der Waals surface area contributed by atoms with Crippen molar-refractivity contribution in [3.8, 4) is 0 Å². The van der Waals surface area contributed by atoms with Gasteiger partial charge in [0.2, 0.25) is 0 Å². The van der Waals surface area contributed by atoms with Crippen molar-refractivity contribution >= 4 is 11.6 Å². The minimum atomic E-state index is -0.308. The van der Waals surface area contributed by atoms with E-state index >= 15 is 0 Å². The van der Waals surface area contributed by atoms with Gasteiger partial charge in [-0.25, -0.2) is 9.40 Å². The fourth-order valence-corrected chi connectivity index (χ4v) is 4.74. The van der Waals surface area contributed by atoms with Gasteiger partial charge in [-0.05, 0) is 17.2 Å². The van der Waals surface area contributed by atoms with E-state index in [4.69, 9.17) is 0 Å². The van der Waals surface area contributed by atoms with Gasteiger partial charge < -0.3 is 0 Å². The van der Waals surface area contributed by atoms with Crippen LogP contribution in [0.3, 0.4) is 0 Å². The first-order valence-electron chi connectivity index (χ1n) is 11.9. The second-order valence-corrected chi connectivity index (χ2v) is 8.93. The average Bonchev–Trinajstić information content (AvgIpc) is 3.32. The van der Waals surface area contributed by atoms with E-state index in [0.29, 0.717) is 24.2 Å². The Hall–Kier alpha value is -3.35. The topological polar surface area (TPSA) is 39.2 Å². The molecule has 3 aromatic carbocycles. The summed E-state index contributed by atoms with van der Waals surface area (Å²) in [6.45, 7) is 4.78. The number of amides is 1. The predicted octanol–water partition coefficient (Wildman–Crippen LogP) is 4.32. The van der Waals surface area contributed by atoms with Crippen molar-refractivity contribution in [2.75, 3.05) is 32.7 Å². The minimum Gasteiger partial charge on any atom is -0.297 e. The lowest BCUT2D eigenvalue weighted by molar-refractivity contribution is -0.134. The standard InChI is InChI=1S/C28H29FN4O/c29-25-14-8-7-13-24(25)26-19-27(23-11-5-2-6-12-23)33(30-26)28(34)21-32-17-15-31(16-18-32)20-22-9-3-1-4-10-22/h1-14,27H,15-21H2/t27-/m0/s1. The molecule has 0 aliphatic carbocycles. The molecular formula is C28H29FN4O. The van der Waals surface area contributed by atoms with E-state index in [-0.39, 0.29) is 17.8 Å². The monoisotopic (exact) mass is 456 g/mol. The fraction of sp³-hybridized carbons (Fsp3) is 0.286. The van der Waals surface area contributed by atoms with Gasteiger partial charge in [-0.1, -0.05) is 78.9 Å². The molecule has 6 heteroatoms. The van der Waals surface area contributed by atoms with E-state index in [9.17, 15) is 9.18 Å². The zero-order valence-corrected chi connectivity index (χ0v) is 19.2. The Morgan fingerprint density at radius 1 is 0.824 bits per heavy atom. The van der Waals surface area contributed by atoms with Crippen LogP contribution in [-0.4, -0.2) is 59.2 Å². The first-order chi connectivity index (χ1) is 16.7. The molecule has 5 rings (SSSR count). The summed E-state index contributed by atoms with van der Waals surface area (Å²) in [5.41, 5.74) is 3.41.